The minimum Gasteiger partial charge on any atom is -0.338 e. The van der Waals surface area contributed by atoms with Gasteiger partial charge in [-0.25, -0.2) is 9.36 Å². The Balaban J connectivity index is 1.96. The largest absolute Gasteiger partial charge is 0.338 e. The number of benzene rings is 3. The second kappa shape index (κ2) is 7.38. The number of rotatable bonds is 3. The van der Waals surface area contributed by atoms with E-state index in [0.29, 0.717) is 23.3 Å². The third kappa shape index (κ3) is 3.01. The van der Waals surface area contributed by atoms with Crippen molar-refractivity contribution in [1.29, 1.82) is 0 Å². The lowest BCUT2D eigenvalue weighted by Crippen LogP contribution is -2.39. The highest BCUT2D eigenvalue weighted by Crippen LogP contribution is 2.27. The van der Waals surface area contributed by atoms with Gasteiger partial charge >= 0.3 is 5.69 Å². The second-order valence-corrected chi connectivity index (χ2v) is 8.55. The molecule has 0 unspecified atom stereocenters. The van der Waals surface area contributed by atoms with Gasteiger partial charge in [0.15, 0.2) is 0 Å². The van der Waals surface area contributed by atoms with Crippen molar-refractivity contribution in [2.24, 2.45) is 7.05 Å². The van der Waals surface area contributed by atoms with Crippen LogP contribution in [0.4, 0.5) is 0 Å². The lowest BCUT2D eigenvalue weighted by molar-refractivity contribution is 0.710. The first-order valence-corrected chi connectivity index (χ1v) is 10.7. The van der Waals surface area contributed by atoms with Crippen LogP contribution >= 0.6 is 0 Å². The minimum absolute atomic E-state index is 0.301. The van der Waals surface area contributed by atoms with Gasteiger partial charge in [-0.3, -0.25) is 9.36 Å². The summed E-state index contributed by atoms with van der Waals surface area (Å²) in [5.41, 5.74) is 6.49. The average molecular weight is 424 g/mol. The van der Waals surface area contributed by atoms with Crippen LogP contribution in [0.15, 0.2) is 76.3 Å². The van der Waals surface area contributed by atoms with Gasteiger partial charge in [0.2, 0.25) is 0 Å². The normalized spacial score (nSPS) is 11.5. The van der Waals surface area contributed by atoms with E-state index < -0.39 is 0 Å². The van der Waals surface area contributed by atoms with Crippen molar-refractivity contribution in [2.45, 2.75) is 27.3 Å². The third-order valence-electron chi connectivity index (χ3n) is 6.27. The summed E-state index contributed by atoms with van der Waals surface area (Å²) in [7, 11) is 1.89. The van der Waals surface area contributed by atoms with Crippen molar-refractivity contribution in [2.75, 3.05) is 0 Å². The lowest BCUT2D eigenvalue weighted by Gasteiger charge is -2.15. The molecule has 5 rings (SSSR count). The number of aryl methyl sites for hydroxylation is 4. The molecule has 0 aliphatic rings. The van der Waals surface area contributed by atoms with Crippen LogP contribution in [0, 0.1) is 20.8 Å². The first-order chi connectivity index (χ1) is 15.4. The molecule has 0 fully saturated rings. The Hall–Kier alpha value is -3.86. The molecule has 32 heavy (non-hydrogen) atoms. The van der Waals surface area contributed by atoms with Crippen molar-refractivity contribution in [1.82, 2.24) is 13.7 Å². The molecule has 0 bridgehead atoms. The summed E-state index contributed by atoms with van der Waals surface area (Å²) in [6.07, 6.45) is 0. The topological polar surface area (TPSA) is 48.9 Å². The van der Waals surface area contributed by atoms with E-state index in [4.69, 9.17) is 0 Å². The summed E-state index contributed by atoms with van der Waals surface area (Å²) in [4.78, 5) is 27.5. The number of hydrogen-bond donors (Lipinski definition) is 0. The molecule has 5 nitrogen and oxygen atoms in total. The van der Waals surface area contributed by atoms with Gasteiger partial charge in [-0.2, -0.15) is 0 Å². The maximum absolute atomic E-state index is 13.9. The predicted molar refractivity (Wildman–Crippen MR) is 130 cm³/mol. The van der Waals surface area contributed by atoms with Crippen LogP contribution in [0.5, 0.6) is 0 Å². The summed E-state index contributed by atoms with van der Waals surface area (Å²) in [6, 6.07) is 21.5. The van der Waals surface area contributed by atoms with Crippen LogP contribution in [-0.2, 0) is 13.6 Å². The van der Waals surface area contributed by atoms with E-state index in [-0.39, 0.29) is 11.2 Å². The van der Waals surface area contributed by atoms with Crippen molar-refractivity contribution in [3.05, 3.63) is 110 Å². The minimum atomic E-state index is -0.330. The first kappa shape index (κ1) is 20.1. The van der Waals surface area contributed by atoms with Crippen LogP contribution in [0.2, 0.25) is 0 Å². The SMILES string of the molecule is Cc1ccc(C)c(Cn2c(=O)n(-c3ccccc3)c(=O)c3c2c2cc(C)ccc2n3C)c1. The monoisotopic (exact) mass is 423 g/mol. The fourth-order valence-electron chi connectivity index (χ4n) is 4.56. The average Bonchev–Trinajstić information content (AvgIpc) is 3.06. The molecule has 0 saturated heterocycles. The number of fused-ring (bicyclic) bond motifs is 3. The van der Waals surface area contributed by atoms with Crippen molar-refractivity contribution in [3.8, 4) is 5.69 Å². The molecule has 0 atom stereocenters. The van der Waals surface area contributed by atoms with Crippen LogP contribution in [0.3, 0.4) is 0 Å². The summed E-state index contributed by atoms with van der Waals surface area (Å²) in [5.74, 6) is 0. The molecule has 0 saturated carbocycles. The smallest absolute Gasteiger partial charge is 0.336 e. The van der Waals surface area contributed by atoms with E-state index in [0.717, 1.165) is 33.2 Å². The Labute approximate surface area is 185 Å². The van der Waals surface area contributed by atoms with E-state index in [1.807, 2.05) is 55.8 Å². The van der Waals surface area contributed by atoms with E-state index in [9.17, 15) is 9.59 Å². The Morgan fingerprint density at radius 1 is 0.781 bits per heavy atom. The maximum Gasteiger partial charge on any atom is 0.336 e. The van der Waals surface area contributed by atoms with Crippen LogP contribution < -0.4 is 11.2 Å². The molecule has 0 aliphatic carbocycles. The Morgan fingerprint density at radius 2 is 1.47 bits per heavy atom. The molecule has 2 heterocycles. The lowest BCUT2D eigenvalue weighted by atomic mass is 10.1. The van der Waals surface area contributed by atoms with E-state index in [1.54, 1.807) is 16.7 Å². The van der Waals surface area contributed by atoms with Crippen molar-refractivity contribution in [3.63, 3.8) is 0 Å². The molecular weight excluding hydrogens is 398 g/mol. The summed E-state index contributed by atoms with van der Waals surface area (Å²) in [6.45, 7) is 6.52. The van der Waals surface area contributed by atoms with E-state index in [2.05, 4.69) is 31.2 Å². The highest BCUT2D eigenvalue weighted by atomic mass is 16.2. The molecule has 0 radical (unpaired) electrons. The van der Waals surface area contributed by atoms with Crippen molar-refractivity contribution >= 4 is 21.9 Å². The zero-order chi connectivity index (χ0) is 22.6. The maximum atomic E-state index is 13.9. The van der Waals surface area contributed by atoms with Crippen LogP contribution in [-0.4, -0.2) is 13.7 Å². The highest BCUT2D eigenvalue weighted by molar-refractivity contribution is 6.06. The third-order valence-corrected chi connectivity index (χ3v) is 6.27. The van der Waals surface area contributed by atoms with Gasteiger partial charge in [0.25, 0.3) is 5.56 Å². The molecule has 5 heteroatoms. The second-order valence-electron chi connectivity index (χ2n) is 8.55. The zero-order valence-electron chi connectivity index (χ0n) is 18.7. The molecular formula is C27H25N3O2. The molecule has 160 valence electrons. The number of hydrogen-bond acceptors (Lipinski definition) is 2. The number of nitrogens with zero attached hydrogens (tertiary/aromatic N) is 3. The van der Waals surface area contributed by atoms with E-state index >= 15 is 0 Å². The Morgan fingerprint density at radius 3 is 2.22 bits per heavy atom. The zero-order valence-corrected chi connectivity index (χ0v) is 18.7. The standard InChI is InChI=1S/C27H25N3O2/c1-17-10-12-19(3)20(14-17)16-29-24-22-15-18(2)11-13-23(22)28(4)25(24)26(31)30(27(29)32)21-8-6-5-7-9-21/h5-15H,16H2,1-4H3. The van der Waals surface area contributed by atoms with Gasteiger partial charge in [0.1, 0.15) is 5.52 Å². The molecule has 0 spiro atoms. The highest BCUT2D eigenvalue weighted by Gasteiger charge is 2.21. The Kier molecular flexibility index (Phi) is 4.63. The van der Waals surface area contributed by atoms with Crippen LogP contribution in [0.1, 0.15) is 22.3 Å². The van der Waals surface area contributed by atoms with Crippen molar-refractivity contribution < 1.29 is 0 Å². The number of para-hydroxylation sites is 1. The summed E-state index contributed by atoms with van der Waals surface area (Å²) in [5, 5.41) is 0.919. The fraction of sp³-hybridized carbons (Fsp3) is 0.185. The summed E-state index contributed by atoms with van der Waals surface area (Å²) < 4.78 is 4.96. The Bertz CT molecular complexity index is 1620. The molecule has 3 aromatic carbocycles. The van der Waals surface area contributed by atoms with Gasteiger partial charge < -0.3 is 4.57 Å². The number of aromatic nitrogens is 3. The van der Waals surface area contributed by atoms with Gasteiger partial charge in [-0.05, 0) is 56.2 Å². The van der Waals surface area contributed by atoms with Crippen LogP contribution in [0.25, 0.3) is 27.6 Å². The molecule has 0 N–H and O–H groups in total. The fourth-order valence-corrected chi connectivity index (χ4v) is 4.56. The quantitative estimate of drug-likeness (QED) is 0.425. The van der Waals surface area contributed by atoms with E-state index in [1.165, 1.54) is 4.57 Å². The van der Waals surface area contributed by atoms with Gasteiger partial charge in [-0.1, -0.05) is 53.6 Å². The van der Waals surface area contributed by atoms with Gasteiger partial charge in [0.05, 0.1) is 23.3 Å². The molecule has 0 amide bonds. The first-order valence-electron chi connectivity index (χ1n) is 10.7. The summed E-state index contributed by atoms with van der Waals surface area (Å²) >= 11 is 0. The van der Waals surface area contributed by atoms with Gasteiger partial charge in [-0.15, -0.1) is 0 Å². The molecule has 0 aliphatic heterocycles. The molecule has 5 aromatic rings. The van der Waals surface area contributed by atoms with Gasteiger partial charge in [0, 0.05) is 12.4 Å². The predicted octanol–water partition coefficient (Wildman–Crippen LogP) is 4.62. The molecule has 2 aromatic heterocycles.